The molecule has 96 valence electrons. The summed E-state index contributed by atoms with van der Waals surface area (Å²) < 4.78 is 5.50. The molecule has 0 saturated carbocycles. The smallest absolute Gasteiger partial charge is 0.260 e. The molecule has 3 rings (SSSR count). The summed E-state index contributed by atoms with van der Waals surface area (Å²) in [6, 6.07) is 0. The number of allylic oxidation sites excluding steroid dienone is 1. The first-order valence-corrected chi connectivity index (χ1v) is 6.14. The molecular formula is C12H12ClNO4. The van der Waals surface area contributed by atoms with E-state index in [4.69, 9.17) is 21.2 Å². The zero-order valence-electron chi connectivity index (χ0n) is 9.71. The minimum absolute atomic E-state index is 0.107. The van der Waals surface area contributed by atoms with Crippen LogP contribution < -0.4 is 0 Å². The summed E-state index contributed by atoms with van der Waals surface area (Å²) >= 11 is 5.65. The summed E-state index contributed by atoms with van der Waals surface area (Å²) in [5.74, 6) is -1.48. The van der Waals surface area contributed by atoms with Gasteiger partial charge in [-0.05, 0) is 13.0 Å². The first-order chi connectivity index (χ1) is 8.59. The number of hydrogen-bond acceptors (Lipinski definition) is 4. The van der Waals surface area contributed by atoms with Gasteiger partial charge in [0.2, 0.25) is 0 Å². The molecule has 0 aromatic rings. The van der Waals surface area contributed by atoms with E-state index in [1.165, 1.54) is 0 Å². The third kappa shape index (κ3) is 1.62. The van der Waals surface area contributed by atoms with E-state index in [-0.39, 0.29) is 30.6 Å². The van der Waals surface area contributed by atoms with Crippen LogP contribution in [0.5, 0.6) is 0 Å². The molecule has 0 N–H and O–H groups in total. The van der Waals surface area contributed by atoms with Gasteiger partial charge in [-0.1, -0.05) is 23.8 Å². The molecule has 18 heavy (non-hydrogen) atoms. The van der Waals surface area contributed by atoms with Crippen molar-refractivity contribution < 1.29 is 19.2 Å². The van der Waals surface area contributed by atoms with Gasteiger partial charge < -0.3 is 4.74 Å². The summed E-state index contributed by atoms with van der Waals surface area (Å²) in [6.45, 7) is 1.81. The maximum Gasteiger partial charge on any atom is 0.260 e. The molecule has 5 nitrogen and oxygen atoms in total. The minimum atomic E-state index is -0.423. The Morgan fingerprint density at radius 2 is 1.94 bits per heavy atom. The van der Waals surface area contributed by atoms with Gasteiger partial charge in [-0.15, -0.1) is 0 Å². The number of hydroxylamine groups is 2. The molecule has 3 aliphatic rings. The fourth-order valence-corrected chi connectivity index (χ4v) is 2.69. The third-order valence-corrected chi connectivity index (χ3v) is 3.59. The van der Waals surface area contributed by atoms with Gasteiger partial charge in [-0.3, -0.25) is 14.4 Å². The van der Waals surface area contributed by atoms with E-state index < -0.39 is 11.8 Å². The van der Waals surface area contributed by atoms with E-state index in [0.29, 0.717) is 5.03 Å². The molecule has 4 atom stereocenters. The molecule has 2 amide bonds. The number of carbonyl (C=O) groups excluding carboxylic acids is 2. The quantitative estimate of drug-likeness (QED) is 0.567. The van der Waals surface area contributed by atoms with Gasteiger partial charge in [0.05, 0.1) is 30.7 Å². The van der Waals surface area contributed by atoms with Gasteiger partial charge in [0.25, 0.3) is 11.8 Å². The fraction of sp³-hybridized carbons (Fsp3) is 0.500. The lowest BCUT2D eigenvalue weighted by atomic mass is 9.85. The van der Waals surface area contributed by atoms with Gasteiger partial charge in [0.15, 0.2) is 0 Å². The fourth-order valence-electron chi connectivity index (χ4n) is 2.63. The van der Waals surface area contributed by atoms with Crippen LogP contribution in [-0.4, -0.2) is 35.7 Å². The van der Waals surface area contributed by atoms with Crippen LogP contribution in [0, 0.1) is 11.8 Å². The molecule has 0 aromatic carbocycles. The number of halogens is 1. The van der Waals surface area contributed by atoms with Crippen molar-refractivity contribution >= 4 is 23.4 Å². The Hall–Kier alpha value is -1.17. The van der Waals surface area contributed by atoms with Crippen LogP contribution in [0.25, 0.3) is 0 Å². The Morgan fingerprint density at radius 3 is 2.44 bits per heavy atom. The SMILES string of the molecule is C/C(Cl)=C/CON1C(=O)[C@@H]2[C@@H](C1=O)[C@@H]1C=C[C@@H]2O1. The summed E-state index contributed by atoms with van der Waals surface area (Å²) in [4.78, 5) is 29.3. The minimum Gasteiger partial charge on any atom is -0.365 e. The third-order valence-electron chi connectivity index (χ3n) is 3.44. The molecule has 2 bridgehead atoms. The highest BCUT2D eigenvalue weighted by Gasteiger charge is 2.61. The zero-order valence-corrected chi connectivity index (χ0v) is 10.5. The molecule has 3 heterocycles. The number of ether oxygens (including phenoxy) is 1. The van der Waals surface area contributed by atoms with Gasteiger partial charge in [0, 0.05) is 5.03 Å². The number of imide groups is 1. The lowest BCUT2D eigenvalue weighted by Crippen LogP contribution is -2.34. The molecule has 3 aliphatic heterocycles. The van der Waals surface area contributed by atoms with Crippen LogP contribution in [0.1, 0.15) is 6.92 Å². The molecule has 0 spiro atoms. The molecule has 0 radical (unpaired) electrons. The maximum atomic E-state index is 12.1. The zero-order chi connectivity index (χ0) is 12.9. The molecular weight excluding hydrogens is 258 g/mol. The van der Waals surface area contributed by atoms with Crippen molar-refractivity contribution in [1.29, 1.82) is 0 Å². The molecule has 6 heteroatoms. The van der Waals surface area contributed by atoms with Crippen molar-refractivity contribution in [3.8, 4) is 0 Å². The van der Waals surface area contributed by atoms with Crippen LogP contribution in [0.2, 0.25) is 0 Å². The van der Waals surface area contributed by atoms with Crippen LogP contribution in [0.4, 0.5) is 0 Å². The van der Waals surface area contributed by atoms with Crippen molar-refractivity contribution in [3.05, 3.63) is 23.3 Å². The molecule has 2 fully saturated rings. The summed E-state index contributed by atoms with van der Waals surface area (Å²) in [5, 5.41) is 1.42. The lowest BCUT2D eigenvalue weighted by molar-refractivity contribution is -0.188. The number of rotatable bonds is 3. The Balaban J connectivity index is 1.74. The highest BCUT2D eigenvalue weighted by Crippen LogP contribution is 2.45. The Labute approximate surface area is 109 Å². The Morgan fingerprint density at radius 1 is 1.39 bits per heavy atom. The topological polar surface area (TPSA) is 55.8 Å². The first kappa shape index (κ1) is 11.9. The molecule has 0 aromatic heterocycles. The highest BCUT2D eigenvalue weighted by atomic mass is 35.5. The average Bonchev–Trinajstić information content (AvgIpc) is 2.97. The van der Waals surface area contributed by atoms with Gasteiger partial charge >= 0.3 is 0 Å². The standard InChI is InChI=1S/C12H12ClNO4/c1-6(13)4-5-17-14-11(15)9-7-2-3-8(18-7)10(9)12(14)16/h2-4,7-10H,5H2,1H3/b6-4-/t7-,8-,9-,10-/m0/s1. The maximum absolute atomic E-state index is 12.1. The van der Waals surface area contributed by atoms with Crippen molar-refractivity contribution in [3.63, 3.8) is 0 Å². The van der Waals surface area contributed by atoms with E-state index in [1.54, 1.807) is 13.0 Å². The molecule has 2 saturated heterocycles. The number of nitrogens with zero attached hydrogens (tertiary/aromatic N) is 1. The summed E-state index contributed by atoms with van der Waals surface area (Å²) in [7, 11) is 0. The van der Waals surface area contributed by atoms with E-state index in [2.05, 4.69) is 0 Å². The number of hydrogen-bond donors (Lipinski definition) is 0. The van der Waals surface area contributed by atoms with Gasteiger partial charge in [-0.2, -0.15) is 5.06 Å². The average molecular weight is 270 g/mol. The summed E-state index contributed by atoms with van der Waals surface area (Å²) in [6.07, 6.45) is 4.71. The van der Waals surface area contributed by atoms with Crippen molar-refractivity contribution in [2.45, 2.75) is 19.1 Å². The van der Waals surface area contributed by atoms with Crippen LogP contribution >= 0.6 is 11.6 Å². The van der Waals surface area contributed by atoms with Crippen molar-refractivity contribution in [1.82, 2.24) is 5.06 Å². The van der Waals surface area contributed by atoms with Crippen molar-refractivity contribution in [2.24, 2.45) is 11.8 Å². The Kier molecular flexibility index (Phi) is 2.77. The largest absolute Gasteiger partial charge is 0.365 e. The monoisotopic (exact) mass is 269 g/mol. The van der Waals surface area contributed by atoms with E-state index in [1.807, 2.05) is 12.2 Å². The molecule has 0 unspecified atom stereocenters. The first-order valence-electron chi connectivity index (χ1n) is 5.76. The van der Waals surface area contributed by atoms with Crippen LogP contribution in [0.3, 0.4) is 0 Å². The number of amides is 2. The van der Waals surface area contributed by atoms with Crippen LogP contribution in [-0.2, 0) is 19.2 Å². The highest BCUT2D eigenvalue weighted by molar-refractivity contribution is 6.29. The normalized spacial score (nSPS) is 37.9. The van der Waals surface area contributed by atoms with E-state index >= 15 is 0 Å². The summed E-state index contributed by atoms with van der Waals surface area (Å²) in [5.41, 5.74) is 0. The number of carbonyl (C=O) groups is 2. The predicted octanol–water partition coefficient (Wildman–Crippen LogP) is 0.999. The van der Waals surface area contributed by atoms with Crippen LogP contribution in [0.15, 0.2) is 23.3 Å². The second kappa shape index (κ2) is 4.19. The Bertz CT molecular complexity index is 439. The van der Waals surface area contributed by atoms with E-state index in [0.717, 1.165) is 5.06 Å². The van der Waals surface area contributed by atoms with E-state index in [9.17, 15) is 9.59 Å². The second-order valence-corrected chi connectivity index (χ2v) is 5.16. The lowest BCUT2D eigenvalue weighted by Gasteiger charge is -2.15. The second-order valence-electron chi connectivity index (χ2n) is 4.56. The number of fused-ring (bicyclic) bond motifs is 5. The van der Waals surface area contributed by atoms with Gasteiger partial charge in [0.1, 0.15) is 0 Å². The van der Waals surface area contributed by atoms with Crippen molar-refractivity contribution in [2.75, 3.05) is 6.61 Å². The molecule has 0 aliphatic carbocycles. The predicted molar refractivity (Wildman–Crippen MR) is 62.2 cm³/mol. The van der Waals surface area contributed by atoms with Gasteiger partial charge in [-0.25, -0.2) is 0 Å².